The molecule has 0 radical (unpaired) electrons. The average molecular weight is 451 g/mol. The standard InChI is InChI=1S/C25H27ClN4O2/c26-20-5-3-4-19(22-6-1-2-9-30(22)16-31)24(20)17-7-8-21-18(14-17)15-23(25(27)28-21)29-10-12-32-13-11-29/h3-5,7-8,14-16,22H,1-2,6,9-13H2,(H2,27,28). The fourth-order valence-electron chi connectivity index (χ4n) is 4.93. The minimum Gasteiger partial charge on any atom is -0.382 e. The normalized spacial score (nSPS) is 19.3. The van der Waals surface area contributed by atoms with Gasteiger partial charge in [0.15, 0.2) is 0 Å². The topological polar surface area (TPSA) is 71.7 Å². The second kappa shape index (κ2) is 8.96. The first-order chi connectivity index (χ1) is 15.7. The molecular formula is C25H27ClN4O2. The lowest BCUT2D eigenvalue weighted by atomic mass is 9.89. The number of carbonyl (C=O) groups is 1. The van der Waals surface area contributed by atoms with Gasteiger partial charge in [0.05, 0.1) is 30.5 Å². The van der Waals surface area contributed by atoms with Gasteiger partial charge in [-0.05, 0) is 54.7 Å². The molecule has 0 bridgehead atoms. The Morgan fingerprint density at radius 1 is 1.09 bits per heavy atom. The molecule has 3 aromatic rings. The van der Waals surface area contributed by atoms with E-state index in [-0.39, 0.29) is 6.04 Å². The van der Waals surface area contributed by atoms with Gasteiger partial charge in [-0.1, -0.05) is 29.8 Å². The molecule has 5 rings (SSSR count). The molecule has 2 aliphatic rings. The van der Waals surface area contributed by atoms with Crippen LogP contribution in [-0.2, 0) is 9.53 Å². The van der Waals surface area contributed by atoms with Crippen molar-refractivity contribution in [1.29, 1.82) is 0 Å². The number of pyridine rings is 1. The van der Waals surface area contributed by atoms with Crippen LogP contribution in [0.2, 0.25) is 5.02 Å². The number of fused-ring (bicyclic) bond motifs is 1. The fourth-order valence-corrected chi connectivity index (χ4v) is 5.22. The number of likely N-dealkylation sites (tertiary alicyclic amines) is 1. The highest BCUT2D eigenvalue weighted by molar-refractivity contribution is 6.33. The summed E-state index contributed by atoms with van der Waals surface area (Å²) < 4.78 is 5.48. The Hall–Kier alpha value is -2.83. The smallest absolute Gasteiger partial charge is 0.210 e. The number of hydrogen-bond acceptors (Lipinski definition) is 5. The molecule has 2 aliphatic heterocycles. The number of piperidine rings is 1. The third-order valence-corrected chi connectivity index (χ3v) is 6.86. The maximum Gasteiger partial charge on any atom is 0.210 e. The summed E-state index contributed by atoms with van der Waals surface area (Å²) in [4.78, 5) is 20.5. The molecule has 1 unspecified atom stereocenters. The van der Waals surface area contributed by atoms with Crippen molar-refractivity contribution in [2.45, 2.75) is 25.3 Å². The first-order valence-corrected chi connectivity index (χ1v) is 11.6. The van der Waals surface area contributed by atoms with Gasteiger partial charge in [0.1, 0.15) is 5.82 Å². The zero-order valence-electron chi connectivity index (χ0n) is 18.0. The van der Waals surface area contributed by atoms with Crippen LogP contribution in [0.15, 0.2) is 42.5 Å². The summed E-state index contributed by atoms with van der Waals surface area (Å²) in [6.07, 6.45) is 4.05. The van der Waals surface area contributed by atoms with Crippen molar-refractivity contribution in [1.82, 2.24) is 9.88 Å². The number of anilines is 2. The molecule has 0 aliphatic carbocycles. The van der Waals surface area contributed by atoms with Gasteiger partial charge in [-0.25, -0.2) is 4.98 Å². The van der Waals surface area contributed by atoms with Crippen LogP contribution in [0.1, 0.15) is 30.9 Å². The van der Waals surface area contributed by atoms with Crippen molar-refractivity contribution in [2.75, 3.05) is 43.5 Å². The number of hydrogen-bond donors (Lipinski definition) is 1. The Morgan fingerprint density at radius 3 is 2.75 bits per heavy atom. The maximum absolute atomic E-state index is 11.7. The monoisotopic (exact) mass is 450 g/mol. The Balaban J connectivity index is 1.60. The van der Waals surface area contributed by atoms with E-state index in [2.05, 4.69) is 28.1 Å². The van der Waals surface area contributed by atoms with E-state index < -0.39 is 0 Å². The Labute approximate surface area is 192 Å². The van der Waals surface area contributed by atoms with Gasteiger partial charge < -0.3 is 20.3 Å². The molecule has 3 heterocycles. The number of nitrogens with zero attached hydrogens (tertiary/aromatic N) is 3. The summed E-state index contributed by atoms with van der Waals surface area (Å²) in [5, 5.41) is 1.70. The van der Waals surface area contributed by atoms with Crippen LogP contribution in [0.5, 0.6) is 0 Å². The highest BCUT2D eigenvalue weighted by atomic mass is 35.5. The minimum absolute atomic E-state index is 0.0408. The Bertz CT molecular complexity index is 1150. The first-order valence-electron chi connectivity index (χ1n) is 11.2. The molecule has 0 saturated carbocycles. The molecule has 7 heteroatoms. The van der Waals surface area contributed by atoms with E-state index in [1.54, 1.807) is 0 Å². The van der Waals surface area contributed by atoms with E-state index in [9.17, 15) is 4.79 Å². The lowest BCUT2D eigenvalue weighted by Crippen LogP contribution is -2.36. The molecule has 1 amide bonds. The van der Waals surface area contributed by atoms with Crippen molar-refractivity contribution >= 4 is 40.4 Å². The SMILES string of the molecule is Nc1nc2ccc(-c3c(Cl)cccc3C3CCCCN3C=O)cc2cc1N1CCOCC1. The van der Waals surface area contributed by atoms with Crippen LogP contribution in [0.3, 0.4) is 0 Å². The second-order valence-corrected chi connectivity index (χ2v) is 8.87. The molecule has 6 nitrogen and oxygen atoms in total. The van der Waals surface area contributed by atoms with E-state index in [0.717, 1.165) is 78.6 Å². The average Bonchev–Trinajstić information content (AvgIpc) is 2.84. The van der Waals surface area contributed by atoms with Gasteiger partial charge >= 0.3 is 0 Å². The number of halogens is 1. The van der Waals surface area contributed by atoms with E-state index in [0.29, 0.717) is 24.1 Å². The number of ether oxygens (including phenoxy) is 1. The maximum atomic E-state index is 11.7. The molecule has 2 fully saturated rings. The zero-order chi connectivity index (χ0) is 22.1. The summed E-state index contributed by atoms with van der Waals surface area (Å²) >= 11 is 6.74. The van der Waals surface area contributed by atoms with E-state index in [1.807, 2.05) is 29.2 Å². The number of nitrogens with two attached hydrogens (primary N) is 1. The van der Waals surface area contributed by atoms with Gasteiger partial charge in [-0.3, -0.25) is 4.79 Å². The summed E-state index contributed by atoms with van der Waals surface area (Å²) in [5.41, 5.74) is 11.2. The molecule has 2 N–H and O–H groups in total. The van der Waals surface area contributed by atoms with Crippen LogP contribution in [0.25, 0.3) is 22.0 Å². The fraction of sp³-hybridized carbons (Fsp3) is 0.360. The third-order valence-electron chi connectivity index (χ3n) is 6.55. The first kappa shape index (κ1) is 21.0. The van der Waals surface area contributed by atoms with Gasteiger partial charge in [0.2, 0.25) is 6.41 Å². The van der Waals surface area contributed by atoms with Crippen molar-refractivity contribution < 1.29 is 9.53 Å². The number of benzene rings is 2. The molecule has 1 aromatic heterocycles. The summed E-state index contributed by atoms with van der Waals surface area (Å²) in [6, 6.07) is 14.3. The molecule has 1 atom stereocenters. The predicted molar refractivity (Wildman–Crippen MR) is 129 cm³/mol. The number of aromatic nitrogens is 1. The number of nitrogen functional groups attached to an aromatic ring is 1. The Kier molecular flexibility index (Phi) is 5.89. The van der Waals surface area contributed by atoms with E-state index in [4.69, 9.17) is 22.1 Å². The third kappa shape index (κ3) is 3.89. The van der Waals surface area contributed by atoms with E-state index >= 15 is 0 Å². The van der Waals surface area contributed by atoms with Crippen LogP contribution >= 0.6 is 11.6 Å². The zero-order valence-corrected chi connectivity index (χ0v) is 18.7. The summed E-state index contributed by atoms with van der Waals surface area (Å²) in [5.74, 6) is 0.536. The minimum atomic E-state index is 0.0408. The number of rotatable bonds is 4. The summed E-state index contributed by atoms with van der Waals surface area (Å²) in [6.45, 7) is 3.76. The molecule has 166 valence electrons. The molecule has 32 heavy (non-hydrogen) atoms. The lowest BCUT2D eigenvalue weighted by Gasteiger charge is -2.34. The number of amides is 1. The molecule has 0 spiro atoms. The van der Waals surface area contributed by atoms with Crippen molar-refractivity contribution in [2.24, 2.45) is 0 Å². The summed E-state index contributed by atoms with van der Waals surface area (Å²) in [7, 11) is 0. The van der Waals surface area contributed by atoms with Crippen LogP contribution in [0, 0.1) is 0 Å². The Morgan fingerprint density at radius 2 is 1.94 bits per heavy atom. The number of morpholine rings is 1. The lowest BCUT2D eigenvalue weighted by molar-refractivity contribution is -0.121. The second-order valence-electron chi connectivity index (χ2n) is 8.46. The van der Waals surface area contributed by atoms with Crippen molar-refractivity contribution in [3.05, 3.63) is 53.1 Å². The van der Waals surface area contributed by atoms with Gasteiger partial charge in [-0.2, -0.15) is 0 Å². The van der Waals surface area contributed by atoms with Gasteiger partial charge in [-0.15, -0.1) is 0 Å². The van der Waals surface area contributed by atoms with Crippen LogP contribution in [0.4, 0.5) is 11.5 Å². The molecular weight excluding hydrogens is 424 g/mol. The van der Waals surface area contributed by atoms with Gasteiger partial charge in [0, 0.05) is 35.6 Å². The predicted octanol–water partition coefficient (Wildman–Crippen LogP) is 4.66. The highest BCUT2D eigenvalue weighted by Gasteiger charge is 2.26. The van der Waals surface area contributed by atoms with E-state index in [1.165, 1.54) is 0 Å². The van der Waals surface area contributed by atoms with Crippen LogP contribution < -0.4 is 10.6 Å². The quantitative estimate of drug-likeness (QED) is 0.585. The van der Waals surface area contributed by atoms with Crippen LogP contribution in [-0.4, -0.2) is 49.1 Å². The van der Waals surface area contributed by atoms with Crippen molar-refractivity contribution in [3.63, 3.8) is 0 Å². The van der Waals surface area contributed by atoms with Gasteiger partial charge in [0.25, 0.3) is 0 Å². The largest absolute Gasteiger partial charge is 0.382 e. The number of carbonyl (C=O) groups excluding carboxylic acids is 1. The molecule has 2 saturated heterocycles. The van der Waals surface area contributed by atoms with Crippen molar-refractivity contribution in [3.8, 4) is 11.1 Å². The molecule has 2 aromatic carbocycles. The highest BCUT2D eigenvalue weighted by Crippen LogP contribution is 2.41.